The van der Waals surface area contributed by atoms with Gasteiger partial charge in [-0.2, -0.15) is 5.26 Å². The maximum Gasteiger partial charge on any atom is 0.173 e. The third kappa shape index (κ3) is 5.34. The summed E-state index contributed by atoms with van der Waals surface area (Å²) in [6, 6.07) is 24.6. The van der Waals surface area contributed by atoms with Gasteiger partial charge in [0.25, 0.3) is 0 Å². The molecule has 5 nitrogen and oxygen atoms in total. The van der Waals surface area contributed by atoms with E-state index in [1.807, 2.05) is 36.4 Å². The van der Waals surface area contributed by atoms with Crippen molar-refractivity contribution in [2.24, 2.45) is 0 Å². The Labute approximate surface area is 207 Å². The van der Waals surface area contributed by atoms with Crippen LogP contribution in [0.1, 0.15) is 15.9 Å². The van der Waals surface area contributed by atoms with Crippen LogP contribution in [0.3, 0.4) is 0 Å². The average Bonchev–Trinajstić information content (AvgIpc) is 2.91. The van der Waals surface area contributed by atoms with Gasteiger partial charge in [-0.05, 0) is 42.0 Å². The van der Waals surface area contributed by atoms with Gasteiger partial charge in [0, 0.05) is 16.7 Å². The normalized spacial score (nSPS) is 10.5. The lowest BCUT2D eigenvalue weighted by Crippen LogP contribution is -2.05. The lowest BCUT2D eigenvalue weighted by atomic mass is 9.99. The second-order valence-corrected chi connectivity index (χ2v) is 8.47. The zero-order chi connectivity index (χ0) is 24.8. The molecule has 0 unspecified atom stereocenters. The highest BCUT2D eigenvalue weighted by Crippen LogP contribution is 2.35. The fourth-order valence-corrected chi connectivity index (χ4v) is 4.47. The molecule has 0 atom stereocenters. The molecule has 4 aromatic rings. The zero-order valence-electron chi connectivity index (χ0n) is 19.1. The highest BCUT2D eigenvalue weighted by Gasteiger charge is 2.18. The molecular formula is C28H21FN2O3S. The third-order valence-corrected chi connectivity index (χ3v) is 6.34. The van der Waals surface area contributed by atoms with E-state index >= 15 is 0 Å². The van der Waals surface area contributed by atoms with E-state index in [9.17, 15) is 14.4 Å². The Kier molecular flexibility index (Phi) is 7.44. The molecule has 0 radical (unpaired) electrons. The van der Waals surface area contributed by atoms with Crippen LogP contribution in [0.25, 0.3) is 22.4 Å². The highest BCUT2D eigenvalue weighted by molar-refractivity contribution is 8.00. The SMILES string of the molecule is COc1ccc(C(=O)CSc2nc(-c3ccccc3)cc(-c3ccc(F)cc3)c2C#N)cc1OC. The molecule has 0 bridgehead atoms. The minimum atomic E-state index is -0.361. The Morgan fingerprint density at radius 3 is 2.31 bits per heavy atom. The number of methoxy groups -OCH3 is 2. The van der Waals surface area contributed by atoms with E-state index < -0.39 is 0 Å². The topological polar surface area (TPSA) is 72.2 Å². The Hall–Kier alpha value is -4.15. The lowest BCUT2D eigenvalue weighted by Gasteiger charge is -2.13. The van der Waals surface area contributed by atoms with Gasteiger partial charge in [-0.15, -0.1) is 0 Å². The molecule has 1 heterocycles. The van der Waals surface area contributed by atoms with Gasteiger partial charge in [-0.25, -0.2) is 9.37 Å². The number of halogens is 1. The number of Topliss-reactive ketones (excluding diaryl/α,β-unsaturated/α-hetero) is 1. The van der Waals surface area contributed by atoms with Crippen LogP contribution >= 0.6 is 11.8 Å². The second-order valence-electron chi connectivity index (χ2n) is 7.50. The second kappa shape index (κ2) is 10.9. The van der Waals surface area contributed by atoms with Crippen molar-refractivity contribution in [1.29, 1.82) is 5.26 Å². The molecule has 7 heteroatoms. The first-order chi connectivity index (χ1) is 17.0. The van der Waals surface area contributed by atoms with Gasteiger partial charge in [0.05, 0.1) is 31.2 Å². The van der Waals surface area contributed by atoms with Crippen LogP contribution < -0.4 is 9.47 Å². The molecule has 0 fully saturated rings. The standard InChI is InChI=1S/C28H21FN2O3S/c1-33-26-13-10-20(14-27(26)34-2)25(32)17-35-28-23(16-30)22(18-8-11-21(29)12-9-18)15-24(31-28)19-6-4-3-5-7-19/h3-15H,17H2,1-2H3. The van der Waals surface area contributed by atoms with E-state index in [0.717, 1.165) is 5.56 Å². The molecular weight excluding hydrogens is 463 g/mol. The first kappa shape index (κ1) is 24.0. The van der Waals surface area contributed by atoms with Crippen molar-refractivity contribution in [1.82, 2.24) is 4.98 Å². The summed E-state index contributed by atoms with van der Waals surface area (Å²) < 4.78 is 24.1. The summed E-state index contributed by atoms with van der Waals surface area (Å²) in [6.07, 6.45) is 0. The maximum atomic E-state index is 13.5. The molecule has 1 aromatic heterocycles. The number of pyridine rings is 1. The maximum absolute atomic E-state index is 13.5. The van der Waals surface area contributed by atoms with Crippen LogP contribution in [0, 0.1) is 17.1 Å². The smallest absolute Gasteiger partial charge is 0.173 e. The monoisotopic (exact) mass is 484 g/mol. The average molecular weight is 485 g/mol. The van der Waals surface area contributed by atoms with Gasteiger partial charge >= 0.3 is 0 Å². The molecule has 3 aromatic carbocycles. The van der Waals surface area contributed by atoms with Crippen LogP contribution in [-0.4, -0.2) is 30.7 Å². The summed E-state index contributed by atoms with van der Waals surface area (Å²) in [7, 11) is 3.04. The number of benzene rings is 3. The van der Waals surface area contributed by atoms with Gasteiger partial charge in [0.15, 0.2) is 17.3 Å². The summed E-state index contributed by atoms with van der Waals surface area (Å²) >= 11 is 1.19. The van der Waals surface area contributed by atoms with Crippen molar-refractivity contribution in [3.8, 4) is 40.0 Å². The number of aromatic nitrogens is 1. The van der Waals surface area contributed by atoms with Crippen molar-refractivity contribution in [3.63, 3.8) is 0 Å². The molecule has 4 rings (SSSR count). The van der Waals surface area contributed by atoms with Crippen molar-refractivity contribution in [2.75, 3.05) is 20.0 Å². The number of hydrogen-bond acceptors (Lipinski definition) is 6. The number of nitriles is 1. The third-order valence-electron chi connectivity index (χ3n) is 5.37. The number of nitrogens with zero attached hydrogens (tertiary/aromatic N) is 2. The molecule has 0 amide bonds. The first-order valence-electron chi connectivity index (χ1n) is 10.7. The van der Waals surface area contributed by atoms with Crippen LogP contribution in [0.4, 0.5) is 4.39 Å². The molecule has 0 spiro atoms. The molecule has 0 aliphatic heterocycles. The van der Waals surface area contributed by atoms with Crippen molar-refractivity contribution in [3.05, 3.63) is 95.8 Å². The molecule has 0 saturated carbocycles. The van der Waals surface area contributed by atoms with E-state index in [-0.39, 0.29) is 17.4 Å². The minimum Gasteiger partial charge on any atom is -0.493 e. The van der Waals surface area contributed by atoms with Crippen LogP contribution in [-0.2, 0) is 0 Å². The predicted molar refractivity (Wildman–Crippen MR) is 134 cm³/mol. The van der Waals surface area contributed by atoms with Gasteiger partial charge in [-0.3, -0.25) is 4.79 Å². The van der Waals surface area contributed by atoms with Crippen LogP contribution in [0.2, 0.25) is 0 Å². The fraction of sp³-hybridized carbons (Fsp3) is 0.107. The Balaban J connectivity index is 1.72. The predicted octanol–water partition coefficient (Wildman–Crippen LogP) is 6.42. The summed E-state index contributed by atoms with van der Waals surface area (Å²) in [5.74, 6) is 0.557. The van der Waals surface area contributed by atoms with Gasteiger partial charge in [0.2, 0.25) is 0 Å². The number of rotatable bonds is 8. The molecule has 0 saturated heterocycles. The number of ether oxygens (including phenoxy) is 2. The molecule has 35 heavy (non-hydrogen) atoms. The lowest BCUT2D eigenvalue weighted by molar-refractivity contribution is 0.102. The summed E-state index contributed by atoms with van der Waals surface area (Å²) in [5, 5.41) is 10.4. The molecule has 0 aliphatic carbocycles. The molecule has 174 valence electrons. The van der Waals surface area contributed by atoms with E-state index in [1.54, 1.807) is 30.3 Å². The molecule has 0 aliphatic rings. The fourth-order valence-electron chi connectivity index (χ4n) is 3.57. The van der Waals surface area contributed by atoms with Crippen molar-refractivity contribution in [2.45, 2.75) is 5.03 Å². The van der Waals surface area contributed by atoms with E-state index in [0.29, 0.717) is 44.5 Å². The number of ketones is 1. The largest absolute Gasteiger partial charge is 0.493 e. The van der Waals surface area contributed by atoms with E-state index in [1.165, 1.54) is 38.1 Å². The zero-order valence-corrected chi connectivity index (χ0v) is 19.9. The highest BCUT2D eigenvalue weighted by atomic mass is 32.2. The van der Waals surface area contributed by atoms with Gasteiger partial charge < -0.3 is 9.47 Å². The number of thioether (sulfide) groups is 1. The minimum absolute atomic E-state index is 0.0677. The van der Waals surface area contributed by atoms with E-state index in [2.05, 4.69) is 6.07 Å². The number of carbonyl (C=O) groups excluding carboxylic acids is 1. The van der Waals surface area contributed by atoms with Crippen molar-refractivity contribution < 1.29 is 18.7 Å². The number of hydrogen-bond donors (Lipinski definition) is 0. The first-order valence-corrected chi connectivity index (χ1v) is 11.7. The number of carbonyl (C=O) groups is 1. The van der Waals surface area contributed by atoms with Gasteiger partial charge in [0.1, 0.15) is 16.9 Å². The van der Waals surface area contributed by atoms with Crippen LogP contribution in [0.5, 0.6) is 11.5 Å². The molecule has 0 N–H and O–H groups in total. The summed E-state index contributed by atoms with van der Waals surface area (Å²) in [4.78, 5) is 17.7. The Morgan fingerprint density at radius 2 is 1.66 bits per heavy atom. The summed E-state index contributed by atoms with van der Waals surface area (Å²) in [6.45, 7) is 0. The van der Waals surface area contributed by atoms with Crippen LogP contribution in [0.15, 0.2) is 83.9 Å². The Bertz CT molecular complexity index is 1400. The van der Waals surface area contributed by atoms with Gasteiger partial charge in [-0.1, -0.05) is 54.2 Å². The Morgan fingerprint density at radius 1 is 0.943 bits per heavy atom. The van der Waals surface area contributed by atoms with Crippen molar-refractivity contribution >= 4 is 17.5 Å². The quantitative estimate of drug-likeness (QED) is 0.212. The van der Waals surface area contributed by atoms with E-state index in [4.69, 9.17) is 14.5 Å². The summed E-state index contributed by atoms with van der Waals surface area (Å²) in [5.41, 5.74) is 3.64.